The molecule has 52 heavy (non-hydrogen) atoms. The van der Waals surface area contributed by atoms with Gasteiger partial charge in [0, 0.05) is 24.6 Å². The molecular formula is C41H44ClN3O7. The highest BCUT2D eigenvalue weighted by molar-refractivity contribution is 6.32. The summed E-state index contributed by atoms with van der Waals surface area (Å²) in [6.07, 6.45) is 4.94. The highest BCUT2D eigenvalue weighted by Crippen LogP contribution is 2.36. The van der Waals surface area contributed by atoms with Crippen molar-refractivity contribution in [1.29, 1.82) is 5.26 Å². The number of benzene rings is 4. The normalized spacial score (nSPS) is 14.3. The molecule has 1 aliphatic heterocycles. The molecule has 10 nitrogen and oxygen atoms in total. The fraction of sp³-hybridized carbons (Fsp3) is 0.341. The Morgan fingerprint density at radius 3 is 2.54 bits per heavy atom. The highest BCUT2D eigenvalue weighted by Gasteiger charge is 2.29. The molecule has 0 radical (unpaired) electrons. The van der Waals surface area contributed by atoms with Crippen LogP contribution in [0.2, 0.25) is 5.02 Å². The summed E-state index contributed by atoms with van der Waals surface area (Å²) in [5.41, 5.74) is 7.85. The van der Waals surface area contributed by atoms with Crippen molar-refractivity contribution < 1.29 is 34.1 Å². The molecule has 0 unspecified atom stereocenters. The number of unbranched alkanes of at least 4 members (excludes halogenated alkanes) is 2. The van der Waals surface area contributed by atoms with Gasteiger partial charge in [-0.25, -0.2) is 5.48 Å². The number of nitriles is 1. The number of aliphatic carboxylic acids is 1. The number of hydroxylamine groups is 1. The zero-order valence-electron chi connectivity index (χ0n) is 29.3. The van der Waals surface area contributed by atoms with Gasteiger partial charge in [-0.3, -0.25) is 19.7 Å². The number of amides is 1. The van der Waals surface area contributed by atoms with Crippen molar-refractivity contribution in [2.24, 2.45) is 0 Å². The molecule has 3 N–H and O–H groups in total. The monoisotopic (exact) mass is 725 g/mol. The van der Waals surface area contributed by atoms with Gasteiger partial charge in [-0.2, -0.15) is 5.26 Å². The SMILES string of the molecule is Cc1c(COc2cc(OCc3cccc(C#N)c3)c(CN3CCCC[C@H]3C(=O)O)cc2Cl)cccc1-c1cccc(OCCCCCC(=O)NO)c1. The molecule has 11 heteroatoms. The molecule has 4 aromatic rings. The zero-order valence-corrected chi connectivity index (χ0v) is 30.0. The molecule has 0 aromatic heterocycles. The van der Waals surface area contributed by atoms with Gasteiger partial charge in [0.25, 0.3) is 0 Å². The van der Waals surface area contributed by atoms with Crippen molar-refractivity contribution in [3.63, 3.8) is 0 Å². The summed E-state index contributed by atoms with van der Waals surface area (Å²) in [6, 6.07) is 26.4. The topological polar surface area (TPSA) is 141 Å². The number of carbonyl (C=O) groups excluding carboxylic acids is 1. The van der Waals surface area contributed by atoms with Crippen LogP contribution in [0.5, 0.6) is 17.2 Å². The number of nitrogens with one attached hydrogen (secondary N) is 1. The number of likely N-dealkylation sites (tertiary alicyclic amines) is 1. The first kappa shape index (κ1) is 38.2. The van der Waals surface area contributed by atoms with E-state index in [0.29, 0.717) is 54.6 Å². The molecule has 0 aliphatic carbocycles. The van der Waals surface area contributed by atoms with Gasteiger partial charge in [-0.05, 0) is 104 Å². The maximum Gasteiger partial charge on any atom is 0.320 e. The van der Waals surface area contributed by atoms with E-state index in [-0.39, 0.29) is 25.5 Å². The summed E-state index contributed by atoms with van der Waals surface area (Å²) in [4.78, 5) is 25.2. The fourth-order valence-corrected chi connectivity index (χ4v) is 6.63. The number of halogens is 1. The van der Waals surface area contributed by atoms with Gasteiger partial charge in [0.2, 0.25) is 5.91 Å². The Kier molecular flexibility index (Phi) is 13.9. The third kappa shape index (κ3) is 10.5. The lowest BCUT2D eigenvalue weighted by molar-refractivity contribution is -0.144. The van der Waals surface area contributed by atoms with E-state index in [1.807, 2.05) is 53.4 Å². The van der Waals surface area contributed by atoms with Crippen molar-refractivity contribution in [3.8, 4) is 34.4 Å². The summed E-state index contributed by atoms with van der Waals surface area (Å²) in [7, 11) is 0. The molecule has 4 aromatic carbocycles. The molecule has 0 bridgehead atoms. The number of nitrogens with zero attached hydrogens (tertiary/aromatic N) is 2. The molecule has 1 saturated heterocycles. The van der Waals surface area contributed by atoms with Gasteiger partial charge in [0.05, 0.1) is 23.3 Å². The number of hydrogen-bond donors (Lipinski definition) is 3. The van der Waals surface area contributed by atoms with Crippen LogP contribution in [0, 0.1) is 18.3 Å². The first-order valence-electron chi connectivity index (χ1n) is 17.5. The summed E-state index contributed by atoms with van der Waals surface area (Å²) in [6.45, 7) is 4.05. The smallest absolute Gasteiger partial charge is 0.320 e. The highest BCUT2D eigenvalue weighted by atomic mass is 35.5. The van der Waals surface area contributed by atoms with Crippen molar-refractivity contribution in [2.75, 3.05) is 13.2 Å². The number of carboxylic acids is 1. The molecule has 272 valence electrons. The zero-order chi connectivity index (χ0) is 36.9. The lowest BCUT2D eigenvalue weighted by Gasteiger charge is -2.33. The Bertz CT molecular complexity index is 1890. The van der Waals surface area contributed by atoms with Crippen molar-refractivity contribution in [2.45, 2.75) is 77.7 Å². The Morgan fingerprint density at radius 2 is 1.73 bits per heavy atom. The lowest BCUT2D eigenvalue weighted by Crippen LogP contribution is -2.44. The average Bonchev–Trinajstić information content (AvgIpc) is 3.16. The van der Waals surface area contributed by atoms with E-state index in [0.717, 1.165) is 64.8 Å². The number of carboxylic acid groups (broad SMARTS) is 1. The van der Waals surface area contributed by atoms with Gasteiger partial charge >= 0.3 is 5.97 Å². The van der Waals surface area contributed by atoms with Crippen LogP contribution in [0.4, 0.5) is 0 Å². The number of piperidine rings is 1. The van der Waals surface area contributed by atoms with Gasteiger partial charge in [-0.15, -0.1) is 0 Å². The second kappa shape index (κ2) is 19.0. The van der Waals surface area contributed by atoms with Crippen molar-refractivity contribution in [3.05, 3.63) is 112 Å². The number of ether oxygens (including phenoxy) is 3. The van der Waals surface area contributed by atoms with Crippen LogP contribution >= 0.6 is 11.6 Å². The first-order chi connectivity index (χ1) is 25.2. The van der Waals surface area contributed by atoms with E-state index < -0.39 is 12.0 Å². The summed E-state index contributed by atoms with van der Waals surface area (Å²) < 4.78 is 18.6. The van der Waals surface area contributed by atoms with Gasteiger partial charge < -0.3 is 19.3 Å². The number of carbonyl (C=O) groups is 2. The molecule has 5 rings (SSSR count). The lowest BCUT2D eigenvalue weighted by atomic mass is 9.96. The number of rotatable bonds is 17. The largest absolute Gasteiger partial charge is 0.494 e. The maximum absolute atomic E-state index is 12.0. The van der Waals surface area contributed by atoms with Crippen LogP contribution in [0.3, 0.4) is 0 Å². The fourth-order valence-electron chi connectivity index (χ4n) is 6.39. The van der Waals surface area contributed by atoms with Crippen LogP contribution in [-0.2, 0) is 29.3 Å². The predicted molar refractivity (Wildman–Crippen MR) is 197 cm³/mol. The maximum atomic E-state index is 12.0. The van der Waals surface area contributed by atoms with E-state index in [1.54, 1.807) is 29.7 Å². The molecule has 0 saturated carbocycles. The standard InChI is InChI=1S/C41H44ClN3O7/c1-28-32(13-9-15-35(28)31-12-8-14-34(21-31)50-19-6-2-3-17-40(46)44-49)27-52-39-23-38(51-26-30-11-7-10-29(20-30)24-43)33(22-36(39)42)25-45-18-5-4-16-37(45)41(47)48/h7-15,20-23,37,49H,2-6,16-19,25-27H2,1H3,(H,44,46)(H,47,48)/t37-/m0/s1. The Labute approximate surface area is 309 Å². The quantitative estimate of drug-likeness (QED) is 0.0558. The van der Waals surface area contributed by atoms with Crippen molar-refractivity contribution >= 4 is 23.5 Å². The molecule has 0 spiro atoms. The molecule has 1 heterocycles. The minimum atomic E-state index is -0.836. The summed E-state index contributed by atoms with van der Waals surface area (Å²) in [5.74, 6) is 0.514. The van der Waals surface area contributed by atoms with Gasteiger partial charge in [0.1, 0.15) is 36.5 Å². The molecule has 1 amide bonds. The van der Waals surface area contributed by atoms with Crippen molar-refractivity contribution in [1.82, 2.24) is 10.4 Å². The van der Waals surface area contributed by atoms with E-state index in [2.05, 4.69) is 19.1 Å². The second-order valence-electron chi connectivity index (χ2n) is 12.9. The van der Waals surface area contributed by atoms with Gasteiger partial charge in [0.15, 0.2) is 0 Å². The Morgan fingerprint density at radius 1 is 0.923 bits per heavy atom. The Hall–Kier alpha value is -5.08. The van der Waals surface area contributed by atoms with Gasteiger partial charge in [-0.1, -0.05) is 60.5 Å². The van der Waals surface area contributed by atoms with E-state index in [1.165, 1.54) is 0 Å². The molecule has 1 fully saturated rings. The summed E-state index contributed by atoms with van der Waals surface area (Å²) >= 11 is 6.82. The first-order valence-corrected chi connectivity index (χ1v) is 17.9. The van der Waals surface area contributed by atoms with Crippen LogP contribution in [0.25, 0.3) is 11.1 Å². The van der Waals surface area contributed by atoms with E-state index in [9.17, 15) is 20.0 Å². The van der Waals surface area contributed by atoms with Crippen LogP contribution in [0.1, 0.15) is 72.8 Å². The molecule has 1 aliphatic rings. The van der Waals surface area contributed by atoms with E-state index in [4.69, 9.17) is 31.0 Å². The number of hydrogen-bond acceptors (Lipinski definition) is 8. The third-order valence-corrected chi connectivity index (χ3v) is 9.55. The minimum absolute atomic E-state index is 0.208. The predicted octanol–water partition coefficient (Wildman–Crippen LogP) is 8.23. The third-order valence-electron chi connectivity index (χ3n) is 9.25. The van der Waals surface area contributed by atoms with Crippen LogP contribution < -0.4 is 19.7 Å². The Balaban J connectivity index is 1.30. The summed E-state index contributed by atoms with van der Waals surface area (Å²) in [5, 5.41) is 28.2. The average molecular weight is 726 g/mol. The van der Waals surface area contributed by atoms with Crippen LogP contribution in [0.15, 0.2) is 78.9 Å². The minimum Gasteiger partial charge on any atom is -0.494 e. The second-order valence-corrected chi connectivity index (χ2v) is 13.3. The molecule has 1 atom stereocenters. The van der Waals surface area contributed by atoms with E-state index >= 15 is 0 Å². The molecular weight excluding hydrogens is 682 g/mol. The van der Waals surface area contributed by atoms with Crippen LogP contribution in [-0.4, -0.2) is 46.3 Å².